The molecule has 0 unspecified atom stereocenters. The fourth-order valence-corrected chi connectivity index (χ4v) is 1.07. The Morgan fingerprint density at radius 2 is 2.27 bits per heavy atom. The molecule has 0 atom stereocenters. The van der Waals surface area contributed by atoms with E-state index in [-0.39, 0.29) is 12.4 Å². The SMILES string of the molecule is Oc1ccccc1CONc1ncn[nH]1. The molecule has 0 radical (unpaired) electrons. The zero-order valence-corrected chi connectivity index (χ0v) is 7.84. The van der Waals surface area contributed by atoms with E-state index >= 15 is 0 Å². The Labute approximate surface area is 85.9 Å². The molecule has 0 aliphatic rings. The van der Waals surface area contributed by atoms with Crippen LogP contribution in [0.3, 0.4) is 0 Å². The highest BCUT2D eigenvalue weighted by Gasteiger charge is 2.00. The summed E-state index contributed by atoms with van der Waals surface area (Å²) < 4.78 is 0. The maximum absolute atomic E-state index is 9.42. The van der Waals surface area contributed by atoms with Gasteiger partial charge in [-0.25, -0.2) is 10.6 Å². The average molecular weight is 206 g/mol. The van der Waals surface area contributed by atoms with Gasteiger partial charge in [0.15, 0.2) is 0 Å². The fraction of sp³-hybridized carbons (Fsp3) is 0.111. The van der Waals surface area contributed by atoms with Gasteiger partial charge in [-0.2, -0.15) is 10.1 Å². The Morgan fingerprint density at radius 1 is 1.40 bits per heavy atom. The van der Waals surface area contributed by atoms with Crippen LogP contribution in [0.15, 0.2) is 30.6 Å². The zero-order valence-electron chi connectivity index (χ0n) is 7.84. The smallest absolute Gasteiger partial charge is 0.242 e. The summed E-state index contributed by atoms with van der Waals surface area (Å²) in [6.07, 6.45) is 1.37. The lowest BCUT2D eigenvalue weighted by atomic mass is 10.2. The number of aromatic amines is 1. The molecule has 2 rings (SSSR count). The molecule has 3 N–H and O–H groups in total. The number of aromatic nitrogens is 3. The number of para-hydroxylation sites is 1. The molecule has 0 bridgehead atoms. The van der Waals surface area contributed by atoms with Crippen molar-refractivity contribution in [3.05, 3.63) is 36.2 Å². The molecule has 78 valence electrons. The van der Waals surface area contributed by atoms with Gasteiger partial charge in [-0.15, -0.1) is 0 Å². The van der Waals surface area contributed by atoms with E-state index < -0.39 is 0 Å². The van der Waals surface area contributed by atoms with Gasteiger partial charge in [-0.1, -0.05) is 18.2 Å². The lowest BCUT2D eigenvalue weighted by molar-refractivity contribution is 0.175. The van der Waals surface area contributed by atoms with Gasteiger partial charge in [-0.05, 0) is 6.07 Å². The van der Waals surface area contributed by atoms with Gasteiger partial charge in [0.1, 0.15) is 18.7 Å². The number of anilines is 1. The van der Waals surface area contributed by atoms with Crippen LogP contribution >= 0.6 is 0 Å². The Hall–Kier alpha value is -2.08. The van der Waals surface area contributed by atoms with Crippen molar-refractivity contribution in [1.82, 2.24) is 15.2 Å². The first kappa shape index (κ1) is 9.47. The maximum Gasteiger partial charge on any atom is 0.242 e. The summed E-state index contributed by atoms with van der Waals surface area (Å²) in [7, 11) is 0. The molecule has 0 fully saturated rings. The minimum atomic E-state index is 0.205. The van der Waals surface area contributed by atoms with E-state index in [1.807, 2.05) is 6.07 Å². The highest BCUT2D eigenvalue weighted by molar-refractivity contribution is 5.31. The largest absolute Gasteiger partial charge is 0.508 e. The van der Waals surface area contributed by atoms with E-state index in [1.54, 1.807) is 18.2 Å². The number of rotatable bonds is 4. The van der Waals surface area contributed by atoms with Crippen molar-refractivity contribution in [2.45, 2.75) is 6.61 Å². The van der Waals surface area contributed by atoms with Gasteiger partial charge in [0.25, 0.3) is 0 Å². The van der Waals surface area contributed by atoms with Gasteiger partial charge in [-0.3, -0.25) is 4.84 Å². The van der Waals surface area contributed by atoms with Crippen molar-refractivity contribution >= 4 is 5.95 Å². The van der Waals surface area contributed by atoms with Crippen LogP contribution in [0, 0.1) is 0 Å². The van der Waals surface area contributed by atoms with Crippen molar-refractivity contribution in [3.63, 3.8) is 0 Å². The van der Waals surface area contributed by atoms with Gasteiger partial charge in [0, 0.05) is 5.56 Å². The van der Waals surface area contributed by atoms with E-state index in [0.29, 0.717) is 11.5 Å². The first-order chi connectivity index (χ1) is 7.36. The topological polar surface area (TPSA) is 83.1 Å². The summed E-state index contributed by atoms with van der Waals surface area (Å²) in [5, 5.41) is 15.6. The molecule has 0 saturated carbocycles. The van der Waals surface area contributed by atoms with Gasteiger partial charge in [0.2, 0.25) is 5.95 Å². The second kappa shape index (κ2) is 4.43. The number of H-pyrrole nitrogens is 1. The van der Waals surface area contributed by atoms with E-state index in [2.05, 4.69) is 20.7 Å². The van der Waals surface area contributed by atoms with Crippen molar-refractivity contribution in [2.75, 3.05) is 5.48 Å². The molecule has 6 nitrogen and oxygen atoms in total. The Kier molecular flexibility index (Phi) is 2.80. The summed E-state index contributed by atoms with van der Waals surface area (Å²) in [5.41, 5.74) is 3.26. The summed E-state index contributed by atoms with van der Waals surface area (Å²) in [6.45, 7) is 0.243. The molecule has 1 aromatic carbocycles. The number of phenols is 1. The van der Waals surface area contributed by atoms with Gasteiger partial charge >= 0.3 is 0 Å². The molecule has 15 heavy (non-hydrogen) atoms. The van der Waals surface area contributed by atoms with E-state index in [1.165, 1.54) is 6.33 Å². The first-order valence-electron chi connectivity index (χ1n) is 4.36. The second-order valence-electron chi connectivity index (χ2n) is 2.85. The second-order valence-corrected chi connectivity index (χ2v) is 2.85. The van der Waals surface area contributed by atoms with Crippen LogP contribution in [-0.2, 0) is 11.4 Å². The van der Waals surface area contributed by atoms with E-state index in [0.717, 1.165) is 0 Å². The third-order valence-electron chi connectivity index (χ3n) is 1.80. The van der Waals surface area contributed by atoms with Gasteiger partial charge < -0.3 is 5.11 Å². The highest BCUT2D eigenvalue weighted by Crippen LogP contribution is 2.16. The summed E-state index contributed by atoms with van der Waals surface area (Å²) in [6, 6.07) is 6.96. The Morgan fingerprint density at radius 3 is 3.00 bits per heavy atom. The molecule has 0 spiro atoms. The lowest BCUT2D eigenvalue weighted by Gasteiger charge is -2.05. The number of nitrogens with zero attached hydrogens (tertiary/aromatic N) is 2. The summed E-state index contributed by atoms with van der Waals surface area (Å²) in [4.78, 5) is 8.91. The van der Waals surface area contributed by atoms with E-state index in [9.17, 15) is 5.11 Å². The van der Waals surface area contributed by atoms with Crippen LogP contribution in [0.4, 0.5) is 5.95 Å². The molecule has 2 aromatic rings. The molecular weight excluding hydrogens is 196 g/mol. The predicted octanol–water partition coefficient (Wildman–Crippen LogP) is 1.05. The lowest BCUT2D eigenvalue weighted by Crippen LogP contribution is -2.02. The normalized spacial score (nSPS) is 10.1. The molecule has 1 aromatic heterocycles. The summed E-state index contributed by atoms with van der Waals surface area (Å²) >= 11 is 0. The maximum atomic E-state index is 9.42. The van der Waals surface area contributed by atoms with Crippen LogP contribution in [0.5, 0.6) is 5.75 Å². The molecule has 0 aliphatic heterocycles. The monoisotopic (exact) mass is 206 g/mol. The molecular formula is C9H10N4O2. The average Bonchev–Trinajstić information content (AvgIpc) is 2.74. The van der Waals surface area contributed by atoms with Crippen LogP contribution in [0.1, 0.15) is 5.56 Å². The van der Waals surface area contributed by atoms with Crippen LogP contribution < -0.4 is 5.48 Å². The first-order valence-corrected chi connectivity index (χ1v) is 4.36. The molecule has 0 aliphatic carbocycles. The summed E-state index contributed by atoms with van der Waals surface area (Å²) in [5.74, 6) is 0.627. The zero-order chi connectivity index (χ0) is 10.5. The minimum Gasteiger partial charge on any atom is -0.508 e. The number of benzene rings is 1. The Balaban J connectivity index is 1.86. The van der Waals surface area contributed by atoms with Crippen molar-refractivity contribution < 1.29 is 9.94 Å². The van der Waals surface area contributed by atoms with Crippen molar-refractivity contribution in [3.8, 4) is 5.75 Å². The predicted molar refractivity (Wildman–Crippen MR) is 52.9 cm³/mol. The number of hydrogen-bond donors (Lipinski definition) is 3. The fourth-order valence-electron chi connectivity index (χ4n) is 1.07. The number of phenolic OH excluding ortho intramolecular Hbond substituents is 1. The number of hydrogen-bond acceptors (Lipinski definition) is 5. The molecule has 0 saturated heterocycles. The molecule has 0 amide bonds. The minimum absolute atomic E-state index is 0.205. The van der Waals surface area contributed by atoms with Crippen LogP contribution in [0.25, 0.3) is 0 Å². The quantitative estimate of drug-likeness (QED) is 0.651. The third kappa shape index (κ3) is 2.44. The van der Waals surface area contributed by atoms with Crippen LogP contribution in [0.2, 0.25) is 0 Å². The third-order valence-corrected chi connectivity index (χ3v) is 1.80. The van der Waals surface area contributed by atoms with Gasteiger partial charge in [0.05, 0.1) is 0 Å². The molecule has 1 heterocycles. The molecule has 6 heteroatoms. The van der Waals surface area contributed by atoms with Crippen LogP contribution in [-0.4, -0.2) is 20.3 Å². The number of nitrogens with one attached hydrogen (secondary N) is 2. The van der Waals surface area contributed by atoms with Crippen molar-refractivity contribution in [1.29, 1.82) is 0 Å². The Bertz CT molecular complexity index is 416. The van der Waals surface area contributed by atoms with E-state index in [4.69, 9.17) is 4.84 Å². The van der Waals surface area contributed by atoms with Crippen molar-refractivity contribution in [2.24, 2.45) is 0 Å². The number of aromatic hydroxyl groups is 1. The highest BCUT2D eigenvalue weighted by atomic mass is 16.6. The standard InChI is InChI=1S/C9H10N4O2/c14-8-4-2-1-3-7(8)5-15-13-9-10-6-11-12-9/h1-4,6,14H,5H2,(H2,10,11,12,13).